The van der Waals surface area contributed by atoms with Crippen LogP contribution in [0, 0.1) is 0 Å². The molecule has 0 saturated carbocycles. The van der Waals surface area contributed by atoms with Gasteiger partial charge in [-0.1, -0.05) is 29.3 Å². The lowest BCUT2D eigenvalue weighted by molar-refractivity contribution is 0.0691. The summed E-state index contributed by atoms with van der Waals surface area (Å²) in [7, 11) is 0. The summed E-state index contributed by atoms with van der Waals surface area (Å²) in [5.41, 5.74) is 2.14. The first-order chi connectivity index (χ1) is 8.56. The number of carbonyl (C=O) groups is 1. The van der Waals surface area contributed by atoms with Gasteiger partial charge in [0, 0.05) is 16.2 Å². The molecule has 0 radical (unpaired) electrons. The van der Waals surface area contributed by atoms with Crippen LogP contribution in [0.15, 0.2) is 30.5 Å². The molecule has 0 amide bonds. The van der Waals surface area contributed by atoms with Gasteiger partial charge in [-0.3, -0.25) is 0 Å². The van der Waals surface area contributed by atoms with Crippen LogP contribution in [0.5, 0.6) is 0 Å². The van der Waals surface area contributed by atoms with E-state index in [9.17, 15) is 4.79 Å². The molecule has 18 heavy (non-hydrogen) atoms. The van der Waals surface area contributed by atoms with Gasteiger partial charge in [-0.05, 0) is 42.2 Å². The minimum absolute atomic E-state index is 0.201. The third kappa shape index (κ3) is 3.06. The molecule has 2 N–H and O–H groups in total. The summed E-state index contributed by atoms with van der Waals surface area (Å²) in [5, 5.41) is 10.0. The highest BCUT2D eigenvalue weighted by molar-refractivity contribution is 6.35. The molecule has 0 aliphatic carbocycles. The van der Waals surface area contributed by atoms with Crippen LogP contribution in [0.4, 0.5) is 0 Å². The Hall–Kier alpha value is -1.45. The molecule has 0 bridgehead atoms. The lowest BCUT2D eigenvalue weighted by Crippen LogP contribution is -1.95. The fourth-order valence-electron chi connectivity index (χ4n) is 1.71. The van der Waals surface area contributed by atoms with Crippen LogP contribution in [0.2, 0.25) is 10.0 Å². The van der Waals surface area contributed by atoms with Gasteiger partial charge in [0.2, 0.25) is 0 Å². The molecular weight excluding hydrogens is 273 g/mol. The average Bonchev–Trinajstić information content (AvgIpc) is 2.76. The van der Waals surface area contributed by atoms with Crippen molar-refractivity contribution >= 4 is 29.2 Å². The Morgan fingerprint density at radius 2 is 2.00 bits per heavy atom. The fraction of sp³-hybridized carbons (Fsp3) is 0.154. The van der Waals surface area contributed by atoms with Gasteiger partial charge in [-0.15, -0.1) is 0 Å². The minimum Gasteiger partial charge on any atom is -0.477 e. The molecule has 94 valence electrons. The molecule has 0 unspecified atom stereocenters. The second-order valence-electron chi connectivity index (χ2n) is 3.96. The number of rotatable bonds is 4. The van der Waals surface area contributed by atoms with Gasteiger partial charge >= 0.3 is 5.97 Å². The molecule has 0 aliphatic heterocycles. The zero-order chi connectivity index (χ0) is 13.1. The monoisotopic (exact) mass is 283 g/mol. The first kappa shape index (κ1) is 13.0. The zero-order valence-electron chi connectivity index (χ0n) is 9.41. The topological polar surface area (TPSA) is 53.1 Å². The van der Waals surface area contributed by atoms with Crippen molar-refractivity contribution in [2.45, 2.75) is 12.8 Å². The zero-order valence-corrected chi connectivity index (χ0v) is 10.9. The number of carboxylic acid groups (broad SMARTS) is 1. The van der Waals surface area contributed by atoms with E-state index in [0.29, 0.717) is 10.0 Å². The van der Waals surface area contributed by atoms with E-state index in [1.807, 2.05) is 6.07 Å². The molecular formula is C13H11Cl2NO2. The van der Waals surface area contributed by atoms with Crippen LogP contribution in [-0.2, 0) is 12.8 Å². The van der Waals surface area contributed by atoms with E-state index in [4.69, 9.17) is 28.3 Å². The smallest absolute Gasteiger partial charge is 0.352 e. The molecule has 2 rings (SSSR count). The van der Waals surface area contributed by atoms with Crippen LogP contribution in [0.1, 0.15) is 21.6 Å². The number of aryl methyl sites for hydroxylation is 2. The first-order valence-corrected chi connectivity index (χ1v) is 6.16. The predicted molar refractivity (Wildman–Crippen MR) is 71.6 cm³/mol. The van der Waals surface area contributed by atoms with E-state index in [1.54, 1.807) is 24.4 Å². The Morgan fingerprint density at radius 1 is 1.22 bits per heavy atom. The quantitative estimate of drug-likeness (QED) is 0.897. The highest BCUT2D eigenvalue weighted by Crippen LogP contribution is 2.22. The van der Waals surface area contributed by atoms with Gasteiger partial charge in [-0.2, -0.15) is 0 Å². The minimum atomic E-state index is -0.953. The summed E-state index contributed by atoms with van der Waals surface area (Å²) in [6.45, 7) is 0. The van der Waals surface area contributed by atoms with Gasteiger partial charge < -0.3 is 10.1 Å². The van der Waals surface area contributed by atoms with Crippen LogP contribution < -0.4 is 0 Å². The maximum absolute atomic E-state index is 10.7. The molecule has 3 nitrogen and oxygen atoms in total. The molecule has 0 aliphatic rings. The SMILES string of the molecule is O=C(O)c1cc(CCc2ccc(Cl)cc2Cl)c[nH]1. The Balaban J connectivity index is 2.04. The number of benzene rings is 1. The predicted octanol–water partition coefficient (Wildman–Crippen LogP) is 3.80. The van der Waals surface area contributed by atoms with E-state index in [0.717, 1.165) is 24.0 Å². The van der Waals surface area contributed by atoms with Crippen LogP contribution >= 0.6 is 23.2 Å². The summed E-state index contributed by atoms with van der Waals surface area (Å²) >= 11 is 11.9. The van der Waals surface area contributed by atoms with Gasteiger partial charge in [0.05, 0.1) is 0 Å². The summed E-state index contributed by atoms with van der Waals surface area (Å²) in [6, 6.07) is 7.02. The number of aromatic nitrogens is 1. The van der Waals surface area contributed by atoms with E-state index in [-0.39, 0.29) is 5.69 Å². The van der Waals surface area contributed by atoms with E-state index >= 15 is 0 Å². The summed E-state index contributed by atoms with van der Waals surface area (Å²) < 4.78 is 0. The molecule has 1 aromatic carbocycles. The number of aromatic amines is 1. The van der Waals surface area contributed by atoms with Crippen LogP contribution in [0.3, 0.4) is 0 Å². The highest BCUT2D eigenvalue weighted by atomic mass is 35.5. The Labute approximate surface area is 114 Å². The Morgan fingerprint density at radius 3 is 2.61 bits per heavy atom. The molecule has 0 fully saturated rings. The lowest BCUT2D eigenvalue weighted by Gasteiger charge is -2.03. The molecule has 0 spiro atoms. The Kier molecular flexibility index (Phi) is 3.94. The van der Waals surface area contributed by atoms with Crippen molar-refractivity contribution < 1.29 is 9.90 Å². The largest absolute Gasteiger partial charge is 0.477 e. The standard InChI is InChI=1S/C13H11Cl2NO2/c14-10-4-3-9(11(15)6-10)2-1-8-5-12(13(17)18)16-7-8/h3-7,16H,1-2H2,(H,17,18). The number of halogens is 2. The van der Waals surface area contributed by atoms with Crippen molar-refractivity contribution in [3.8, 4) is 0 Å². The van der Waals surface area contributed by atoms with Gasteiger partial charge in [0.25, 0.3) is 0 Å². The number of hydrogen-bond donors (Lipinski definition) is 2. The van der Waals surface area contributed by atoms with E-state index < -0.39 is 5.97 Å². The first-order valence-electron chi connectivity index (χ1n) is 5.41. The lowest BCUT2D eigenvalue weighted by atomic mass is 10.1. The summed E-state index contributed by atoms with van der Waals surface area (Å²) in [6.07, 6.45) is 3.17. The van der Waals surface area contributed by atoms with Gasteiger partial charge in [0.1, 0.15) is 5.69 Å². The summed E-state index contributed by atoms with van der Waals surface area (Å²) in [5.74, 6) is -0.953. The molecule has 1 heterocycles. The third-order valence-electron chi connectivity index (χ3n) is 2.67. The maximum atomic E-state index is 10.7. The maximum Gasteiger partial charge on any atom is 0.352 e. The molecule has 2 aromatic rings. The number of hydrogen-bond acceptors (Lipinski definition) is 1. The van der Waals surface area contributed by atoms with Gasteiger partial charge in [0.15, 0.2) is 0 Å². The summed E-state index contributed by atoms with van der Waals surface area (Å²) in [4.78, 5) is 13.4. The second-order valence-corrected chi connectivity index (χ2v) is 4.81. The van der Waals surface area contributed by atoms with Crippen LogP contribution in [-0.4, -0.2) is 16.1 Å². The van der Waals surface area contributed by atoms with Crippen molar-refractivity contribution in [1.82, 2.24) is 4.98 Å². The van der Waals surface area contributed by atoms with Crippen molar-refractivity contribution in [2.75, 3.05) is 0 Å². The van der Waals surface area contributed by atoms with Crippen molar-refractivity contribution in [3.05, 3.63) is 57.3 Å². The number of H-pyrrole nitrogens is 1. The number of aromatic carboxylic acids is 1. The molecule has 5 heteroatoms. The molecule has 0 atom stereocenters. The molecule has 1 aromatic heterocycles. The average molecular weight is 284 g/mol. The van der Waals surface area contributed by atoms with E-state index in [1.165, 1.54) is 0 Å². The van der Waals surface area contributed by atoms with Crippen LogP contribution in [0.25, 0.3) is 0 Å². The van der Waals surface area contributed by atoms with E-state index in [2.05, 4.69) is 4.98 Å². The highest BCUT2D eigenvalue weighted by Gasteiger charge is 2.07. The second kappa shape index (κ2) is 5.46. The number of nitrogens with one attached hydrogen (secondary N) is 1. The normalized spacial score (nSPS) is 10.6. The van der Waals surface area contributed by atoms with Crippen molar-refractivity contribution in [2.24, 2.45) is 0 Å². The van der Waals surface area contributed by atoms with Crippen molar-refractivity contribution in [1.29, 1.82) is 0 Å². The Bertz CT molecular complexity index is 578. The van der Waals surface area contributed by atoms with Gasteiger partial charge in [-0.25, -0.2) is 4.79 Å². The third-order valence-corrected chi connectivity index (χ3v) is 3.26. The fourth-order valence-corrected chi connectivity index (χ4v) is 2.21. The molecule has 0 saturated heterocycles. The van der Waals surface area contributed by atoms with Crippen molar-refractivity contribution in [3.63, 3.8) is 0 Å². The number of carboxylic acids is 1.